The van der Waals surface area contributed by atoms with Gasteiger partial charge in [-0.25, -0.2) is 4.98 Å². The zero-order valence-electron chi connectivity index (χ0n) is 9.47. The van der Waals surface area contributed by atoms with Crippen molar-refractivity contribution in [3.8, 4) is 11.5 Å². The summed E-state index contributed by atoms with van der Waals surface area (Å²) in [5, 5.41) is 0.781. The van der Waals surface area contributed by atoms with Crippen molar-refractivity contribution in [3.05, 3.63) is 36.0 Å². The van der Waals surface area contributed by atoms with Crippen molar-refractivity contribution >= 4 is 39.9 Å². The SMILES string of the molecule is CSC(=S)c1nc(-c2ccccc2)oc1SC. The molecule has 0 amide bonds. The summed E-state index contributed by atoms with van der Waals surface area (Å²) in [6, 6.07) is 9.84. The Morgan fingerprint density at radius 2 is 1.94 bits per heavy atom. The highest BCUT2D eigenvalue weighted by Gasteiger charge is 2.16. The van der Waals surface area contributed by atoms with Gasteiger partial charge in [-0.15, -0.1) is 11.8 Å². The molecule has 0 N–H and O–H groups in total. The van der Waals surface area contributed by atoms with Crippen LogP contribution in [0.25, 0.3) is 11.5 Å². The molecule has 1 aromatic heterocycles. The predicted octanol–water partition coefficient (Wildman–Crippen LogP) is 4.10. The van der Waals surface area contributed by atoms with Gasteiger partial charge in [0.2, 0.25) is 5.89 Å². The number of benzene rings is 1. The lowest BCUT2D eigenvalue weighted by molar-refractivity contribution is 0.484. The van der Waals surface area contributed by atoms with Crippen molar-refractivity contribution in [2.75, 3.05) is 12.5 Å². The van der Waals surface area contributed by atoms with Crippen LogP contribution in [0.5, 0.6) is 0 Å². The van der Waals surface area contributed by atoms with Crippen LogP contribution < -0.4 is 0 Å². The lowest BCUT2D eigenvalue weighted by Gasteiger charge is -1.94. The first-order valence-corrected chi connectivity index (χ1v) is 7.80. The van der Waals surface area contributed by atoms with Gasteiger partial charge in [-0.05, 0) is 24.6 Å². The average Bonchev–Trinajstić information content (AvgIpc) is 2.83. The number of hydrogen-bond acceptors (Lipinski definition) is 5. The van der Waals surface area contributed by atoms with E-state index in [1.165, 1.54) is 23.5 Å². The first-order valence-electron chi connectivity index (χ1n) is 4.95. The molecule has 0 radical (unpaired) electrons. The summed E-state index contributed by atoms with van der Waals surface area (Å²) in [5.41, 5.74) is 1.75. The third-order valence-electron chi connectivity index (χ3n) is 2.18. The monoisotopic (exact) mass is 281 g/mol. The van der Waals surface area contributed by atoms with Crippen LogP contribution in [0.3, 0.4) is 0 Å². The Bertz CT molecular complexity index is 522. The van der Waals surface area contributed by atoms with E-state index in [1.807, 2.05) is 42.8 Å². The van der Waals surface area contributed by atoms with Crippen LogP contribution in [0, 0.1) is 0 Å². The van der Waals surface area contributed by atoms with E-state index in [1.54, 1.807) is 0 Å². The number of aromatic nitrogens is 1. The maximum atomic E-state index is 5.72. The molecule has 2 aromatic rings. The molecule has 0 saturated heterocycles. The molecule has 0 spiro atoms. The normalized spacial score (nSPS) is 10.5. The molecule has 1 heterocycles. The fourth-order valence-corrected chi connectivity index (χ4v) is 2.48. The number of thioether (sulfide) groups is 2. The largest absolute Gasteiger partial charge is 0.429 e. The van der Waals surface area contributed by atoms with Gasteiger partial charge in [0.25, 0.3) is 0 Å². The molecule has 0 saturated carbocycles. The van der Waals surface area contributed by atoms with E-state index in [0.717, 1.165) is 20.5 Å². The van der Waals surface area contributed by atoms with Crippen molar-refractivity contribution in [1.29, 1.82) is 0 Å². The molecule has 0 unspecified atom stereocenters. The van der Waals surface area contributed by atoms with Crippen LogP contribution in [-0.2, 0) is 0 Å². The number of nitrogens with zero attached hydrogens (tertiary/aromatic N) is 1. The Labute approximate surface area is 114 Å². The molecule has 5 heteroatoms. The third kappa shape index (κ3) is 2.73. The van der Waals surface area contributed by atoms with Crippen LogP contribution in [-0.4, -0.2) is 21.7 Å². The molecule has 2 rings (SSSR count). The van der Waals surface area contributed by atoms with Gasteiger partial charge in [-0.2, -0.15) is 0 Å². The molecular formula is C12H11NOS3. The molecule has 0 atom stereocenters. The first kappa shape index (κ1) is 12.7. The second-order valence-corrected chi connectivity index (χ2v) is 5.48. The van der Waals surface area contributed by atoms with E-state index >= 15 is 0 Å². The number of thiocarbonyl (C=S) groups is 1. The van der Waals surface area contributed by atoms with Crippen LogP contribution in [0.1, 0.15) is 5.69 Å². The lowest BCUT2D eigenvalue weighted by atomic mass is 10.2. The fourth-order valence-electron chi connectivity index (χ4n) is 1.37. The molecule has 0 bridgehead atoms. The van der Waals surface area contributed by atoms with Crippen LogP contribution in [0.2, 0.25) is 0 Å². The number of oxazole rings is 1. The minimum Gasteiger partial charge on any atom is -0.429 e. The van der Waals surface area contributed by atoms with E-state index in [0.29, 0.717) is 5.89 Å². The standard InChI is InChI=1S/C12H11NOS3/c1-16-11-9(12(15)17-2)13-10(14-11)8-6-4-3-5-7-8/h3-7H,1-2H3. The van der Waals surface area contributed by atoms with Gasteiger partial charge in [0.1, 0.15) is 9.89 Å². The second-order valence-electron chi connectivity index (χ2n) is 3.22. The zero-order chi connectivity index (χ0) is 12.3. The Kier molecular flexibility index (Phi) is 4.25. The Morgan fingerprint density at radius 3 is 2.53 bits per heavy atom. The summed E-state index contributed by atoms with van der Waals surface area (Å²) < 4.78 is 6.49. The number of rotatable bonds is 3. The summed E-state index contributed by atoms with van der Waals surface area (Å²) in [6.07, 6.45) is 3.91. The van der Waals surface area contributed by atoms with E-state index < -0.39 is 0 Å². The highest BCUT2D eigenvalue weighted by molar-refractivity contribution is 8.23. The highest BCUT2D eigenvalue weighted by Crippen LogP contribution is 2.29. The quantitative estimate of drug-likeness (QED) is 0.623. The second kappa shape index (κ2) is 5.71. The first-order chi connectivity index (χ1) is 8.26. The van der Waals surface area contributed by atoms with E-state index in [4.69, 9.17) is 16.6 Å². The topological polar surface area (TPSA) is 26.0 Å². The molecule has 0 aliphatic heterocycles. The molecule has 17 heavy (non-hydrogen) atoms. The highest BCUT2D eigenvalue weighted by atomic mass is 32.2. The van der Waals surface area contributed by atoms with Gasteiger partial charge in [0.05, 0.1) is 0 Å². The van der Waals surface area contributed by atoms with Gasteiger partial charge in [-0.1, -0.05) is 42.2 Å². The van der Waals surface area contributed by atoms with E-state index in [9.17, 15) is 0 Å². The van der Waals surface area contributed by atoms with Gasteiger partial charge in [0, 0.05) is 5.56 Å². The van der Waals surface area contributed by atoms with E-state index in [-0.39, 0.29) is 0 Å². The predicted molar refractivity (Wildman–Crippen MR) is 78.9 cm³/mol. The van der Waals surface area contributed by atoms with E-state index in [2.05, 4.69) is 4.98 Å². The van der Waals surface area contributed by atoms with Gasteiger partial charge >= 0.3 is 0 Å². The fraction of sp³-hybridized carbons (Fsp3) is 0.167. The number of hydrogen-bond donors (Lipinski definition) is 0. The summed E-state index contributed by atoms with van der Waals surface area (Å²) in [6.45, 7) is 0. The summed E-state index contributed by atoms with van der Waals surface area (Å²) in [4.78, 5) is 4.47. The van der Waals surface area contributed by atoms with Crippen molar-refractivity contribution < 1.29 is 4.42 Å². The Morgan fingerprint density at radius 1 is 1.24 bits per heavy atom. The average molecular weight is 281 g/mol. The summed E-state index contributed by atoms with van der Waals surface area (Å²) >= 11 is 8.30. The minimum atomic E-state index is 0.626. The Hall–Kier alpha value is -0.780. The van der Waals surface area contributed by atoms with Gasteiger partial charge < -0.3 is 4.42 Å². The molecule has 1 aromatic carbocycles. The van der Waals surface area contributed by atoms with Gasteiger partial charge in [0.15, 0.2) is 5.09 Å². The minimum absolute atomic E-state index is 0.626. The zero-order valence-corrected chi connectivity index (χ0v) is 11.9. The molecular weight excluding hydrogens is 270 g/mol. The van der Waals surface area contributed by atoms with Gasteiger partial charge in [-0.3, -0.25) is 0 Å². The van der Waals surface area contributed by atoms with Crippen molar-refractivity contribution in [1.82, 2.24) is 4.98 Å². The van der Waals surface area contributed by atoms with Crippen molar-refractivity contribution in [2.45, 2.75) is 5.09 Å². The van der Waals surface area contributed by atoms with Crippen LogP contribution in [0.15, 0.2) is 39.8 Å². The molecule has 0 aliphatic carbocycles. The summed E-state index contributed by atoms with van der Waals surface area (Å²) in [5.74, 6) is 0.626. The molecule has 0 fully saturated rings. The molecule has 2 nitrogen and oxygen atoms in total. The van der Waals surface area contributed by atoms with Crippen molar-refractivity contribution in [2.24, 2.45) is 0 Å². The smallest absolute Gasteiger partial charge is 0.228 e. The maximum absolute atomic E-state index is 5.72. The Balaban J connectivity index is 2.45. The van der Waals surface area contributed by atoms with Crippen LogP contribution in [0.4, 0.5) is 0 Å². The third-order valence-corrected chi connectivity index (χ3v) is 4.09. The summed E-state index contributed by atoms with van der Waals surface area (Å²) in [7, 11) is 0. The molecule has 88 valence electrons. The lowest BCUT2D eigenvalue weighted by Crippen LogP contribution is -1.92. The maximum Gasteiger partial charge on any atom is 0.228 e. The van der Waals surface area contributed by atoms with Crippen molar-refractivity contribution in [3.63, 3.8) is 0 Å². The molecule has 0 aliphatic rings. The van der Waals surface area contributed by atoms with Crippen LogP contribution >= 0.6 is 35.7 Å².